The van der Waals surface area contributed by atoms with E-state index in [1.165, 1.54) is 18.2 Å². The zero-order valence-corrected chi connectivity index (χ0v) is 12.8. The highest BCUT2D eigenvalue weighted by Crippen LogP contribution is 2.29. The van der Waals surface area contributed by atoms with Crippen molar-refractivity contribution < 1.29 is 4.39 Å². The summed E-state index contributed by atoms with van der Waals surface area (Å²) in [6.45, 7) is 3.75. The van der Waals surface area contributed by atoms with Crippen LogP contribution in [0.3, 0.4) is 0 Å². The summed E-state index contributed by atoms with van der Waals surface area (Å²) in [5, 5.41) is 26.7. The average Bonchev–Trinajstić information content (AvgIpc) is 2.53. The molecule has 0 bridgehead atoms. The van der Waals surface area contributed by atoms with Crippen molar-refractivity contribution in [1.82, 2.24) is 10.2 Å². The Labute approximate surface area is 132 Å². The van der Waals surface area contributed by atoms with E-state index in [9.17, 15) is 9.65 Å². The summed E-state index contributed by atoms with van der Waals surface area (Å²) in [5.74, 6) is -1.34. The van der Waals surface area contributed by atoms with E-state index in [0.29, 0.717) is 22.8 Å². The number of aromatic nitrogens is 2. The summed E-state index contributed by atoms with van der Waals surface area (Å²) in [6.07, 6.45) is 0.640. The van der Waals surface area contributed by atoms with Crippen molar-refractivity contribution in [3.8, 4) is 12.1 Å². The Balaban J connectivity index is 2.62. The summed E-state index contributed by atoms with van der Waals surface area (Å²) in [5.41, 5.74) is 2.51. The van der Waals surface area contributed by atoms with Crippen LogP contribution in [0.4, 0.5) is 4.39 Å². The van der Waals surface area contributed by atoms with Crippen molar-refractivity contribution >= 4 is 11.6 Å². The predicted molar refractivity (Wildman–Crippen MR) is 79.7 cm³/mol. The van der Waals surface area contributed by atoms with Crippen LogP contribution in [0, 0.1) is 35.4 Å². The Bertz CT molecular complexity index is 805. The fraction of sp³-hybridized carbons (Fsp3) is 0.250. The van der Waals surface area contributed by atoms with Crippen molar-refractivity contribution in [1.29, 1.82) is 10.5 Å². The molecule has 0 radical (unpaired) electrons. The first-order chi connectivity index (χ1) is 10.5. The van der Waals surface area contributed by atoms with Gasteiger partial charge in [-0.15, -0.1) is 5.10 Å². The van der Waals surface area contributed by atoms with Gasteiger partial charge in [0, 0.05) is 0 Å². The number of rotatable bonds is 3. The van der Waals surface area contributed by atoms with Crippen LogP contribution in [0.5, 0.6) is 0 Å². The third-order valence-corrected chi connectivity index (χ3v) is 3.88. The molecule has 1 heterocycles. The van der Waals surface area contributed by atoms with Crippen molar-refractivity contribution in [2.24, 2.45) is 0 Å². The van der Waals surface area contributed by atoms with Gasteiger partial charge in [0.2, 0.25) is 0 Å². The molecule has 1 atom stereocenters. The molecule has 0 fully saturated rings. The Kier molecular flexibility index (Phi) is 4.70. The van der Waals surface area contributed by atoms with E-state index in [1.807, 2.05) is 13.8 Å². The summed E-state index contributed by atoms with van der Waals surface area (Å²) in [6, 6.07) is 7.95. The van der Waals surface area contributed by atoms with Gasteiger partial charge < -0.3 is 0 Å². The minimum atomic E-state index is -0.730. The first-order valence-corrected chi connectivity index (χ1v) is 7.02. The van der Waals surface area contributed by atoms with E-state index >= 15 is 0 Å². The minimum absolute atomic E-state index is 0.102. The second-order valence-electron chi connectivity index (χ2n) is 4.75. The van der Waals surface area contributed by atoms with Crippen LogP contribution in [0.15, 0.2) is 18.2 Å². The lowest BCUT2D eigenvalue weighted by Gasteiger charge is -2.15. The van der Waals surface area contributed by atoms with Crippen molar-refractivity contribution in [2.75, 3.05) is 0 Å². The second kappa shape index (κ2) is 6.51. The summed E-state index contributed by atoms with van der Waals surface area (Å²) in [7, 11) is 0. The molecule has 1 aromatic carbocycles. The Morgan fingerprint density at radius 1 is 1.32 bits per heavy atom. The SMILES string of the molecule is CCc1c(C(C#N)c2ccc(F)c(C#N)c2)nnc(Cl)c1C. The van der Waals surface area contributed by atoms with Gasteiger partial charge in [0.15, 0.2) is 5.15 Å². The number of nitrogens with zero attached hydrogens (tertiary/aromatic N) is 4. The number of benzene rings is 1. The van der Waals surface area contributed by atoms with E-state index in [-0.39, 0.29) is 5.56 Å². The Hall–Kier alpha value is -2.50. The van der Waals surface area contributed by atoms with Crippen molar-refractivity contribution in [2.45, 2.75) is 26.2 Å². The van der Waals surface area contributed by atoms with Crippen molar-refractivity contribution in [3.05, 3.63) is 57.1 Å². The molecule has 0 saturated carbocycles. The summed E-state index contributed by atoms with van der Waals surface area (Å²) < 4.78 is 13.5. The van der Waals surface area contributed by atoms with Crippen LogP contribution >= 0.6 is 11.6 Å². The molecule has 1 unspecified atom stereocenters. The molecule has 6 heteroatoms. The van der Waals surface area contributed by atoms with Crippen LogP contribution in [-0.2, 0) is 6.42 Å². The lowest BCUT2D eigenvalue weighted by molar-refractivity contribution is 0.622. The Morgan fingerprint density at radius 3 is 2.64 bits per heavy atom. The highest BCUT2D eigenvalue weighted by molar-refractivity contribution is 6.30. The molecule has 4 nitrogen and oxygen atoms in total. The fourth-order valence-corrected chi connectivity index (χ4v) is 2.48. The number of nitriles is 2. The van der Waals surface area contributed by atoms with Crippen LogP contribution in [0.25, 0.3) is 0 Å². The predicted octanol–water partition coefficient (Wildman–Crippen LogP) is 3.67. The summed E-state index contributed by atoms with van der Waals surface area (Å²) in [4.78, 5) is 0. The fourth-order valence-electron chi connectivity index (χ4n) is 2.33. The van der Waals surface area contributed by atoms with Crippen LogP contribution in [0.1, 0.15) is 40.8 Å². The molecule has 2 rings (SSSR count). The minimum Gasteiger partial charge on any atom is -0.206 e. The maximum Gasteiger partial charge on any atom is 0.154 e. The molecular weight excluding hydrogens is 303 g/mol. The van der Waals surface area contributed by atoms with E-state index in [4.69, 9.17) is 16.9 Å². The van der Waals surface area contributed by atoms with Gasteiger partial charge in [-0.25, -0.2) is 4.39 Å². The van der Waals surface area contributed by atoms with Gasteiger partial charge in [-0.3, -0.25) is 0 Å². The van der Waals surface area contributed by atoms with Crippen LogP contribution in [0.2, 0.25) is 5.15 Å². The molecule has 2 aromatic rings. The van der Waals surface area contributed by atoms with E-state index in [2.05, 4.69) is 16.3 Å². The lowest BCUT2D eigenvalue weighted by atomic mass is 9.90. The largest absolute Gasteiger partial charge is 0.206 e. The standard InChI is InChI=1S/C16H12ClFN4/c1-3-12-9(2)16(17)22-21-15(12)13(8-20)10-4-5-14(18)11(6-10)7-19/h4-6,13H,3H2,1-2H3. The summed E-state index contributed by atoms with van der Waals surface area (Å²) >= 11 is 5.98. The molecule has 0 amide bonds. The highest BCUT2D eigenvalue weighted by Gasteiger charge is 2.22. The van der Waals surface area contributed by atoms with Crippen molar-refractivity contribution in [3.63, 3.8) is 0 Å². The average molecular weight is 315 g/mol. The van der Waals surface area contributed by atoms with E-state index < -0.39 is 11.7 Å². The molecule has 0 saturated heterocycles. The number of halogens is 2. The molecule has 22 heavy (non-hydrogen) atoms. The Morgan fingerprint density at radius 2 is 2.05 bits per heavy atom. The topological polar surface area (TPSA) is 73.4 Å². The first-order valence-electron chi connectivity index (χ1n) is 6.64. The highest BCUT2D eigenvalue weighted by atomic mass is 35.5. The molecule has 110 valence electrons. The molecule has 1 aromatic heterocycles. The molecule has 0 aliphatic heterocycles. The monoisotopic (exact) mass is 314 g/mol. The number of hydrogen-bond acceptors (Lipinski definition) is 4. The maximum absolute atomic E-state index is 13.5. The lowest BCUT2D eigenvalue weighted by Crippen LogP contribution is -2.09. The maximum atomic E-state index is 13.5. The van der Waals surface area contributed by atoms with Gasteiger partial charge in [0.1, 0.15) is 17.8 Å². The van der Waals surface area contributed by atoms with Gasteiger partial charge in [-0.1, -0.05) is 24.6 Å². The molecule has 0 aliphatic rings. The molecular formula is C16H12ClFN4. The van der Waals surface area contributed by atoms with Gasteiger partial charge in [-0.05, 0) is 42.2 Å². The third-order valence-electron chi connectivity index (χ3n) is 3.52. The zero-order valence-electron chi connectivity index (χ0n) is 12.1. The molecule has 0 aliphatic carbocycles. The van der Waals surface area contributed by atoms with E-state index in [0.717, 1.165) is 11.1 Å². The normalized spacial score (nSPS) is 11.5. The second-order valence-corrected chi connectivity index (χ2v) is 5.10. The smallest absolute Gasteiger partial charge is 0.154 e. The van der Waals surface area contributed by atoms with Crippen LogP contribution in [-0.4, -0.2) is 10.2 Å². The van der Waals surface area contributed by atoms with Gasteiger partial charge >= 0.3 is 0 Å². The van der Waals surface area contributed by atoms with Crippen LogP contribution < -0.4 is 0 Å². The van der Waals surface area contributed by atoms with Gasteiger partial charge in [0.25, 0.3) is 0 Å². The van der Waals surface area contributed by atoms with Gasteiger partial charge in [-0.2, -0.15) is 15.6 Å². The zero-order chi connectivity index (χ0) is 16.3. The quantitative estimate of drug-likeness (QED) is 0.866. The van der Waals surface area contributed by atoms with E-state index in [1.54, 1.807) is 6.07 Å². The number of hydrogen-bond donors (Lipinski definition) is 0. The van der Waals surface area contributed by atoms with Gasteiger partial charge in [0.05, 0.1) is 17.3 Å². The first kappa shape index (κ1) is 15.9. The molecule has 0 N–H and O–H groups in total. The molecule has 0 spiro atoms. The third kappa shape index (κ3) is 2.77.